The summed E-state index contributed by atoms with van der Waals surface area (Å²) in [7, 11) is 0. The lowest BCUT2D eigenvalue weighted by Crippen LogP contribution is -2.48. The summed E-state index contributed by atoms with van der Waals surface area (Å²) >= 11 is 0.581. The molecule has 2 aliphatic rings. The van der Waals surface area contributed by atoms with Crippen molar-refractivity contribution < 1.29 is 17.9 Å². The Morgan fingerprint density at radius 2 is 1.32 bits per heavy atom. The second-order valence-corrected chi connectivity index (χ2v) is 8.28. The number of piperazine rings is 1. The summed E-state index contributed by atoms with van der Waals surface area (Å²) in [4.78, 5) is 16.0. The standard InChI is InChI=1S/C19H20F3N7OS/c20-19(21,22)17-25-26-18(31-17)29-7-5-27(6-8-29)15-16(28-9-11-30-12-10-28)24-14-4-2-1-3-13(14)23-15/h1-4H,5-12H2. The highest BCUT2D eigenvalue weighted by Crippen LogP contribution is 2.35. The van der Waals surface area contributed by atoms with Gasteiger partial charge in [-0.2, -0.15) is 13.2 Å². The van der Waals surface area contributed by atoms with Crippen molar-refractivity contribution in [2.45, 2.75) is 6.18 Å². The Hall–Kier alpha value is -2.73. The van der Waals surface area contributed by atoms with Gasteiger partial charge < -0.3 is 19.4 Å². The van der Waals surface area contributed by atoms with Crippen molar-refractivity contribution in [2.24, 2.45) is 0 Å². The van der Waals surface area contributed by atoms with E-state index in [1.165, 1.54) is 0 Å². The number of benzene rings is 1. The van der Waals surface area contributed by atoms with Crippen LogP contribution in [0.4, 0.5) is 29.9 Å². The molecule has 0 N–H and O–H groups in total. The maximum Gasteiger partial charge on any atom is 0.445 e. The van der Waals surface area contributed by atoms with Gasteiger partial charge in [0.15, 0.2) is 11.6 Å². The van der Waals surface area contributed by atoms with Gasteiger partial charge in [0, 0.05) is 39.3 Å². The Morgan fingerprint density at radius 1 is 0.774 bits per heavy atom. The molecule has 8 nitrogen and oxygen atoms in total. The van der Waals surface area contributed by atoms with E-state index in [-0.39, 0.29) is 0 Å². The molecular weight excluding hydrogens is 431 g/mol. The van der Waals surface area contributed by atoms with E-state index in [1.807, 2.05) is 29.2 Å². The first-order valence-electron chi connectivity index (χ1n) is 9.99. The van der Waals surface area contributed by atoms with Crippen LogP contribution in [-0.2, 0) is 10.9 Å². The van der Waals surface area contributed by atoms with Crippen LogP contribution in [0.2, 0.25) is 0 Å². The van der Waals surface area contributed by atoms with Crippen molar-refractivity contribution >= 4 is 39.1 Å². The van der Waals surface area contributed by atoms with Crippen LogP contribution >= 0.6 is 11.3 Å². The van der Waals surface area contributed by atoms with E-state index >= 15 is 0 Å². The summed E-state index contributed by atoms with van der Waals surface area (Å²) in [5, 5.41) is 6.42. The summed E-state index contributed by atoms with van der Waals surface area (Å²) in [6, 6.07) is 7.75. The van der Waals surface area contributed by atoms with Gasteiger partial charge in [-0.05, 0) is 12.1 Å². The van der Waals surface area contributed by atoms with Gasteiger partial charge in [-0.15, -0.1) is 10.2 Å². The molecule has 5 rings (SSSR count). The van der Waals surface area contributed by atoms with Gasteiger partial charge >= 0.3 is 6.18 Å². The number of morpholine rings is 1. The smallest absolute Gasteiger partial charge is 0.378 e. The van der Waals surface area contributed by atoms with Gasteiger partial charge in [0.1, 0.15) is 0 Å². The van der Waals surface area contributed by atoms with Gasteiger partial charge in [-0.3, -0.25) is 0 Å². The fourth-order valence-electron chi connectivity index (χ4n) is 3.75. The van der Waals surface area contributed by atoms with Crippen molar-refractivity contribution in [3.8, 4) is 0 Å². The molecular formula is C19H20F3N7OS. The number of aromatic nitrogens is 4. The average Bonchev–Trinajstić information content (AvgIpc) is 3.30. The van der Waals surface area contributed by atoms with Gasteiger partial charge in [0.05, 0.1) is 24.2 Å². The number of anilines is 3. The Morgan fingerprint density at radius 3 is 1.87 bits per heavy atom. The first-order valence-corrected chi connectivity index (χ1v) is 10.8. The van der Waals surface area contributed by atoms with Gasteiger partial charge in [-0.1, -0.05) is 23.5 Å². The molecule has 0 radical (unpaired) electrons. The normalized spacial score (nSPS) is 18.1. The maximum absolute atomic E-state index is 12.9. The zero-order chi connectivity index (χ0) is 21.4. The first kappa shape index (κ1) is 20.2. The van der Waals surface area contributed by atoms with E-state index in [0.717, 1.165) is 35.8 Å². The lowest BCUT2D eigenvalue weighted by molar-refractivity contribution is -0.138. The Kier molecular flexibility index (Phi) is 5.26. The van der Waals surface area contributed by atoms with E-state index in [0.29, 0.717) is 55.9 Å². The Labute approximate surface area is 180 Å². The number of halogens is 3. The van der Waals surface area contributed by atoms with Crippen LogP contribution in [0.5, 0.6) is 0 Å². The molecule has 0 atom stereocenters. The number of para-hydroxylation sites is 2. The van der Waals surface area contributed by atoms with E-state index in [2.05, 4.69) is 20.0 Å². The highest BCUT2D eigenvalue weighted by atomic mass is 32.1. The van der Waals surface area contributed by atoms with Crippen LogP contribution in [0, 0.1) is 0 Å². The molecule has 12 heteroatoms. The fourth-order valence-corrected chi connectivity index (χ4v) is 4.51. The molecule has 31 heavy (non-hydrogen) atoms. The van der Waals surface area contributed by atoms with Crippen LogP contribution < -0.4 is 14.7 Å². The lowest BCUT2D eigenvalue weighted by atomic mass is 10.2. The van der Waals surface area contributed by atoms with Crippen LogP contribution in [0.1, 0.15) is 5.01 Å². The predicted octanol–water partition coefficient (Wildman–Crippen LogP) is 2.66. The van der Waals surface area contributed by atoms with Gasteiger partial charge in [-0.25, -0.2) is 9.97 Å². The monoisotopic (exact) mass is 451 g/mol. The van der Waals surface area contributed by atoms with Crippen molar-refractivity contribution in [3.05, 3.63) is 29.3 Å². The minimum Gasteiger partial charge on any atom is -0.378 e. The Bertz CT molecular complexity index is 1060. The topological polar surface area (TPSA) is 70.5 Å². The van der Waals surface area contributed by atoms with Crippen LogP contribution in [0.3, 0.4) is 0 Å². The molecule has 3 aromatic rings. The quantitative estimate of drug-likeness (QED) is 0.602. The molecule has 0 unspecified atom stereocenters. The molecule has 164 valence electrons. The fraction of sp³-hybridized carbons (Fsp3) is 0.474. The summed E-state index contributed by atoms with van der Waals surface area (Å²) in [5.41, 5.74) is 1.65. The number of hydrogen-bond acceptors (Lipinski definition) is 9. The molecule has 0 spiro atoms. The number of alkyl halides is 3. The van der Waals surface area contributed by atoms with E-state index in [1.54, 1.807) is 0 Å². The third kappa shape index (κ3) is 4.09. The molecule has 2 aliphatic heterocycles. The van der Waals surface area contributed by atoms with Crippen LogP contribution in [0.15, 0.2) is 24.3 Å². The van der Waals surface area contributed by atoms with E-state index in [9.17, 15) is 13.2 Å². The van der Waals surface area contributed by atoms with Gasteiger partial charge in [0.2, 0.25) is 10.1 Å². The minimum absolute atomic E-state index is 0.296. The number of ether oxygens (including phenoxy) is 1. The first-order chi connectivity index (χ1) is 15.0. The van der Waals surface area contributed by atoms with Crippen molar-refractivity contribution in [1.29, 1.82) is 0 Å². The third-order valence-electron chi connectivity index (χ3n) is 5.35. The molecule has 2 saturated heterocycles. The summed E-state index contributed by atoms with van der Waals surface area (Å²) in [6.07, 6.45) is -4.47. The second-order valence-electron chi connectivity index (χ2n) is 7.32. The molecule has 0 bridgehead atoms. The van der Waals surface area contributed by atoms with Crippen LogP contribution in [0.25, 0.3) is 11.0 Å². The molecule has 2 aromatic heterocycles. The third-order valence-corrected chi connectivity index (χ3v) is 6.38. The summed E-state index contributed by atoms with van der Waals surface area (Å²) in [6.45, 7) is 5.03. The van der Waals surface area contributed by atoms with Crippen molar-refractivity contribution in [1.82, 2.24) is 20.2 Å². The largest absolute Gasteiger partial charge is 0.445 e. The highest BCUT2D eigenvalue weighted by Gasteiger charge is 2.36. The maximum atomic E-state index is 12.9. The number of rotatable bonds is 3. The lowest BCUT2D eigenvalue weighted by Gasteiger charge is -2.37. The van der Waals surface area contributed by atoms with Crippen molar-refractivity contribution in [3.63, 3.8) is 0 Å². The van der Waals surface area contributed by atoms with Gasteiger partial charge in [0.25, 0.3) is 0 Å². The predicted molar refractivity (Wildman–Crippen MR) is 112 cm³/mol. The summed E-state index contributed by atoms with van der Waals surface area (Å²) in [5.74, 6) is 1.62. The van der Waals surface area contributed by atoms with Crippen molar-refractivity contribution in [2.75, 3.05) is 67.2 Å². The Balaban J connectivity index is 1.39. The number of fused-ring (bicyclic) bond motifs is 1. The zero-order valence-electron chi connectivity index (χ0n) is 16.5. The zero-order valence-corrected chi connectivity index (χ0v) is 17.4. The summed E-state index contributed by atoms with van der Waals surface area (Å²) < 4.78 is 44.0. The molecule has 0 amide bonds. The number of nitrogens with zero attached hydrogens (tertiary/aromatic N) is 7. The molecule has 2 fully saturated rings. The average molecular weight is 451 g/mol. The van der Waals surface area contributed by atoms with E-state index in [4.69, 9.17) is 14.7 Å². The number of hydrogen-bond donors (Lipinski definition) is 0. The minimum atomic E-state index is -4.47. The second kappa shape index (κ2) is 8.08. The molecule has 4 heterocycles. The molecule has 0 saturated carbocycles. The van der Waals surface area contributed by atoms with E-state index < -0.39 is 11.2 Å². The highest BCUT2D eigenvalue weighted by molar-refractivity contribution is 7.15. The van der Waals surface area contributed by atoms with Crippen LogP contribution in [-0.4, -0.2) is 72.6 Å². The SMILES string of the molecule is FC(F)(F)c1nnc(N2CCN(c3nc4ccccc4nc3N3CCOCC3)CC2)s1. The molecule has 1 aromatic carbocycles. The molecule has 0 aliphatic carbocycles.